The Kier molecular flexibility index (Phi) is 5.61. The molecule has 0 atom stereocenters. The largest absolute Gasteiger partial charge is 0.489 e. The molecule has 4 aromatic rings. The second-order valence-corrected chi connectivity index (χ2v) is 6.49. The number of nitrogens with zero attached hydrogens (tertiary/aromatic N) is 2. The van der Waals surface area contributed by atoms with E-state index in [1.54, 1.807) is 24.3 Å². The first-order valence-corrected chi connectivity index (χ1v) is 9.28. The highest BCUT2D eigenvalue weighted by Gasteiger charge is 2.13. The number of hydrogen-bond donors (Lipinski definition) is 2. The number of carbonyl (C=O) groups is 1. The number of H-pyrrole nitrogens is 1. The maximum atomic E-state index is 12.4. The maximum Gasteiger partial charge on any atom is 0.292 e. The van der Waals surface area contributed by atoms with Crippen molar-refractivity contribution in [3.8, 4) is 5.75 Å². The van der Waals surface area contributed by atoms with Crippen molar-refractivity contribution in [2.24, 2.45) is 5.10 Å². The van der Waals surface area contributed by atoms with Crippen LogP contribution >= 0.6 is 0 Å². The minimum absolute atomic E-state index is 0.104. The van der Waals surface area contributed by atoms with E-state index in [0.717, 1.165) is 16.9 Å². The van der Waals surface area contributed by atoms with Crippen LogP contribution in [0.1, 0.15) is 21.6 Å². The van der Waals surface area contributed by atoms with Gasteiger partial charge in [-0.05, 0) is 41.5 Å². The Balaban J connectivity index is 1.38. The van der Waals surface area contributed by atoms with Gasteiger partial charge in [0.1, 0.15) is 12.4 Å². The van der Waals surface area contributed by atoms with Gasteiger partial charge in [-0.2, -0.15) is 10.2 Å². The van der Waals surface area contributed by atoms with Crippen molar-refractivity contribution >= 4 is 22.9 Å². The van der Waals surface area contributed by atoms with Crippen molar-refractivity contribution in [3.63, 3.8) is 0 Å². The molecule has 148 valence electrons. The molecule has 7 heteroatoms. The fourth-order valence-corrected chi connectivity index (χ4v) is 2.90. The summed E-state index contributed by atoms with van der Waals surface area (Å²) >= 11 is 0. The van der Waals surface area contributed by atoms with Gasteiger partial charge in [0.2, 0.25) is 0 Å². The summed E-state index contributed by atoms with van der Waals surface area (Å²) in [6.07, 6.45) is 1.52. The fourth-order valence-electron chi connectivity index (χ4n) is 2.90. The molecule has 0 fully saturated rings. The first-order chi connectivity index (χ1) is 14.7. The highest BCUT2D eigenvalue weighted by molar-refractivity contribution is 6.04. The third kappa shape index (κ3) is 4.41. The van der Waals surface area contributed by atoms with Crippen molar-refractivity contribution < 1.29 is 9.53 Å². The Morgan fingerprint density at radius 3 is 2.43 bits per heavy atom. The number of aromatic nitrogens is 2. The molecular formula is C23H18N4O3. The molecule has 3 aromatic carbocycles. The van der Waals surface area contributed by atoms with Crippen molar-refractivity contribution in [1.82, 2.24) is 15.6 Å². The predicted molar refractivity (Wildman–Crippen MR) is 115 cm³/mol. The van der Waals surface area contributed by atoms with Gasteiger partial charge in [0.25, 0.3) is 11.5 Å². The molecule has 4 rings (SSSR count). The number of hydrogen-bond acceptors (Lipinski definition) is 5. The molecule has 0 aliphatic heterocycles. The molecule has 0 saturated heterocycles. The third-order valence-corrected chi connectivity index (χ3v) is 4.42. The van der Waals surface area contributed by atoms with E-state index in [2.05, 4.69) is 20.7 Å². The Hall–Kier alpha value is -4.26. The summed E-state index contributed by atoms with van der Waals surface area (Å²) in [5.41, 5.74) is 4.08. The molecule has 0 bridgehead atoms. The van der Waals surface area contributed by atoms with Crippen LogP contribution in [0.3, 0.4) is 0 Å². The Bertz CT molecular complexity index is 1250. The lowest BCUT2D eigenvalue weighted by Crippen LogP contribution is -2.22. The topological polar surface area (TPSA) is 96.4 Å². The normalized spacial score (nSPS) is 10.9. The van der Waals surface area contributed by atoms with Gasteiger partial charge in [-0.3, -0.25) is 9.59 Å². The lowest BCUT2D eigenvalue weighted by Gasteiger charge is -2.06. The van der Waals surface area contributed by atoms with E-state index in [1.165, 1.54) is 6.21 Å². The summed E-state index contributed by atoms with van der Waals surface area (Å²) in [7, 11) is 0. The van der Waals surface area contributed by atoms with E-state index < -0.39 is 5.91 Å². The van der Waals surface area contributed by atoms with E-state index in [1.807, 2.05) is 54.6 Å². The quantitative estimate of drug-likeness (QED) is 0.385. The lowest BCUT2D eigenvalue weighted by molar-refractivity contribution is 0.0951. The van der Waals surface area contributed by atoms with Gasteiger partial charge in [0.05, 0.1) is 11.6 Å². The smallest absolute Gasteiger partial charge is 0.292 e. The number of ether oxygens (including phenoxy) is 1. The van der Waals surface area contributed by atoms with E-state index >= 15 is 0 Å². The number of benzene rings is 3. The zero-order valence-electron chi connectivity index (χ0n) is 15.9. The summed E-state index contributed by atoms with van der Waals surface area (Å²) in [6, 6.07) is 24.0. The number of hydrazone groups is 1. The van der Waals surface area contributed by atoms with Crippen molar-refractivity contribution in [3.05, 3.63) is 106 Å². The molecule has 1 heterocycles. The summed E-state index contributed by atoms with van der Waals surface area (Å²) in [5, 5.41) is 11.0. The molecular weight excluding hydrogens is 380 g/mol. The van der Waals surface area contributed by atoms with E-state index in [-0.39, 0.29) is 11.3 Å². The molecule has 7 nitrogen and oxygen atoms in total. The maximum absolute atomic E-state index is 12.4. The molecule has 0 aliphatic carbocycles. The Morgan fingerprint density at radius 1 is 0.967 bits per heavy atom. The van der Waals surface area contributed by atoms with Crippen LogP contribution in [0, 0.1) is 0 Å². The number of fused-ring (bicyclic) bond motifs is 1. The monoisotopic (exact) mass is 398 g/mol. The van der Waals surface area contributed by atoms with Gasteiger partial charge >= 0.3 is 0 Å². The highest BCUT2D eigenvalue weighted by atomic mass is 16.5. The van der Waals surface area contributed by atoms with Crippen LogP contribution in [0.4, 0.5) is 0 Å². The van der Waals surface area contributed by atoms with Gasteiger partial charge in [-0.15, -0.1) is 0 Å². The summed E-state index contributed by atoms with van der Waals surface area (Å²) in [5.74, 6) is 0.227. The van der Waals surface area contributed by atoms with Crippen LogP contribution in [0.25, 0.3) is 10.8 Å². The molecule has 0 spiro atoms. The van der Waals surface area contributed by atoms with Gasteiger partial charge < -0.3 is 4.74 Å². The van der Waals surface area contributed by atoms with Crippen LogP contribution in [0.5, 0.6) is 5.75 Å². The van der Waals surface area contributed by atoms with Crippen LogP contribution in [-0.4, -0.2) is 22.3 Å². The summed E-state index contributed by atoms with van der Waals surface area (Å²) < 4.78 is 5.75. The minimum Gasteiger partial charge on any atom is -0.489 e. The number of carbonyl (C=O) groups excluding carboxylic acids is 1. The summed E-state index contributed by atoms with van der Waals surface area (Å²) in [6.45, 7) is 0.491. The Labute approximate surface area is 172 Å². The molecule has 1 amide bonds. The van der Waals surface area contributed by atoms with Crippen molar-refractivity contribution in [1.29, 1.82) is 0 Å². The van der Waals surface area contributed by atoms with Gasteiger partial charge in [0, 0.05) is 5.39 Å². The molecule has 2 N–H and O–H groups in total. The van der Waals surface area contributed by atoms with Gasteiger partial charge in [-0.25, -0.2) is 10.5 Å². The molecule has 30 heavy (non-hydrogen) atoms. The predicted octanol–water partition coefficient (Wildman–Crippen LogP) is 3.27. The molecule has 0 unspecified atom stereocenters. The average Bonchev–Trinajstić information content (AvgIpc) is 2.79. The lowest BCUT2D eigenvalue weighted by atomic mass is 10.1. The van der Waals surface area contributed by atoms with E-state index in [0.29, 0.717) is 17.4 Å². The summed E-state index contributed by atoms with van der Waals surface area (Å²) in [4.78, 5) is 24.2. The van der Waals surface area contributed by atoms with Crippen LogP contribution < -0.4 is 15.7 Å². The second kappa shape index (κ2) is 8.83. The molecule has 0 radical (unpaired) electrons. The highest BCUT2D eigenvalue weighted by Crippen LogP contribution is 2.14. The number of amides is 1. The fraction of sp³-hybridized carbons (Fsp3) is 0.0435. The minimum atomic E-state index is -0.512. The molecule has 0 aliphatic rings. The zero-order valence-corrected chi connectivity index (χ0v) is 15.9. The number of aromatic amines is 1. The average molecular weight is 398 g/mol. The first-order valence-electron chi connectivity index (χ1n) is 9.28. The first kappa shape index (κ1) is 19.1. The number of rotatable bonds is 6. The van der Waals surface area contributed by atoms with Crippen LogP contribution in [0.2, 0.25) is 0 Å². The molecule has 1 aromatic heterocycles. The standard InChI is InChI=1S/C23H18N4O3/c28-22-20-9-5-4-8-19(20)21(25-27-22)23(29)26-24-14-16-10-12-18(13-11-16)30-15-17-6-2-1-3-7-17/h1-14H,15H2,(H,26,29)(H,27,28)/b24-14-. The van der Waals surface area contributed by atoms with E-state index in [4.69, 9.17) is 4.74 Å². The molecule has 0 saturated carbocycles. The van der Waals surface area contributed by atoms with Gasteiger partial charge in [-0.1, -0.05) is 48.5 Å². The van der Waals surface area contributed by atoms with Crippen LogP contribution in [-0.2, 0) is 6.61 Å². The number of nitrogens with one attached hydrogen (secondary N) is 2. The van der Waals surface area contributed by atoms with Crippen molar-refractivity contribution in [2.75, 3.05) is 0 Å². The SMILES string of the molecule is O=C(N/N=C\c1ccc(OCc2ccccc2)cc1)c1n[nH]c(=O)c2ccccc12. The Morgan fingerprint density at radius 2 is 1.67 bits per heavy atom. The second-order valence-electron chi connectivity index (χ2n) is 6.49. The van der Waals surface area contributed by atoms with Crippen LogP contribution in [0.15, 0.2) is 88.8 Å². The zero-order chi connectivity index (χ0) is 20.8. The third-order valence-electron chi connectivity index (χ3n) is 4.42. The van der Waals surface area contributed by atoms with Gasteiger partial charge in [0.15, 0.2) is 5.69 Å². The van der Waals surface area contributed by atoms with Crippen molar-refractivity contribution in [2.45, 2.75) is 6.61 Å². The van der Waals surface area contributed by atoms with E-state index in [9.17, 15) is 9.59 Å².